The van der Waals surface area contributed by atoms with Crippen LogP contribution in [0.2, 0.25) is 0 Å². The molecule has 2 rings (SSSR count). The number of nitrogens with zero attached hydrogens (tertiary/aromatic N) is 2. The Morgan fingerprint density at radius 1 is 1.12 bits per heavy atom. The number of carbonyl (C=O) groups is 1. The van der Waals surface area contributed by atoms with E-state index < -0.39 is 15.9 Å². The Labute approximate surface area is 94.7 Å². The molecule has 1 N–H and O–H groups in total. The normalized spacial score (nSPS) is 35.2. The van der Waals surface area contributed by atoms with Crippen LogP contribution in [-0.2, 0) is 14.6 Å². The Bertz CT molecular complexity index is 362. The van der Waals surface area contributed by atoms with Crippen molar-refractivity contribution in [3.8, 4) is 0 Å². The number of hydrogen-bond donors (Lipinski definition) is 1. The zero-order chi connectivity index (χ0) is 11.8. The minimum atomic E-state index is -3.09. The molecule has 92 valence electrons. The maximum Gasteiger partial charge on any atom is 0.209 e. The first-order valence-corrected chi connectivity index (χ1v) is 7.16. The predicted molar refractivity (Wildman–Crippen MR) is 57.7 cm³/mol. The number of hydrogen-bond acceptors (Lipinski definition) is 5. The highest BCUT2D eigenvalue weighted by molar-refractivity contribution is 7.91. The average Bonchev–Trinajstić information content (AvgIpc) is 2.52. The van der Waals surface area contributed by atoms with Gasteiger partial charge in [0.05, 0.1) is 23.7 Å². The third kappa shape index (κ3) is 2.36. The molecular weight excluding hydrogens is 232 g/mol. The summed E-state index contributed by atoms with van der Waals surface area (Å²) in [5, 5.41) is 9.70. The van der Waals surface area contributed by atoms with E-state index in [0.29, 0.717) is 26.2 Å². The first-order valence-electron chi connectivity index (χ1n) is 5.34. The zero-order valence-corrected chi connectivity index (χ0v) is 9.77. The van der Waals surface area contributed by atoms with Gasteiger partial charge < -0.3 is 10.0 Å². The second kappa shape index (κ2) is 4.31. The third-order valence-electron chi connectivity index (χ3n) is 3.26. The van der Waals surface area contributed by atoms with Crippen LogP contribution in [0.4, 0.5) is 0 Å². The molecule has 0 unspecified atom stereocenters. The number of aliphatic hydroxyl groups is 1. The molecule has 0 radical (unpaired) electrons. The molecule has 1 amide bonds. The Morgan fingerprint density at radius 3 is 2.19 bits per heavy atom. The molecule has 0 bridgehead atoms. The van der Waals surface area contributed by atoms with Crippen molar-refractivity contribution < 1.29 is 18.3 Å². The number of amides is 1. The van der Waals surface area contributed by atoms with Gasteiger partial charge in [-0.15, -0.1) is 0 Å². The predicted octanol–water partition coefficient (Wildman–Crippen LogP) is -2.08. The maximum absolute atomic E-state index is 11.4. The van der Waals surface area contributed by atoms with Crippen LogP contribution in [0.3, 0.4) is 0 Å². The van der Waals surface area contributed by atoms with Crippen LogP contribution in [0.1, 0.15) is 0 Å². The van der Waals surface area contributed by atoms with Gasteiger partial charge in [-0.3, -0.25) is 9.69 Å². The molecule has 2 saturated heterocycles. The maximum atomic E-state index is 11.4. The summed E-state index contributed by atoms with van der Waals surface area (Å²) in [5.41, 5.74) is 0. The van der Waals surface area contributed by atoms with Gasteiger partial charge in [0.25, 0.3) is 0 Å². The van der Waals surface area contributed by atoms with Crippen LogP contribution in [0.5, 0.6) is 0 Å². The van der Waals surface area contributed by atoms with Gasteiger partial charge >= 0.3 is 0 Å². The molecule has 16 heavy (non-hydrogen) atoms. The van der Waals surface area contributed by atoms with Crippen molar-refractivity contribution in [3.05, 3.63) is 0 Å². The molecule has 2 aliphatic rings. The van der Waals surface area contributed by atoms with Crippen LogP contribution >= 0.6 is 0 Å². The highest BCUT2D eigenvalue weighted by Gasteiger charge is 2.40. The van der Waals surface area contributed by atoms with Crippen molar-refractivity contribution in [3.63, 3.8) is 0 Å². The second-order valence-corrected chi connectivity index (χ2v) is 6.54. The smallest absolute Gasteiger partial charge is 0.209 e. The van der Waals surface area contributed by atoms with E-state index in [1.54, 1.807) is 4.90 Å². The average molecular weight is 248 g/mol. The summed E-state index contributed by atoms with van der Waals surface area (Å²) in [5.74, 6) is -0.0964. The van der Waals surface area contributed by atoms with Gasteiger partial charge in [-0.1, -0.05) is 0 Å². The minimum absolute atomic E-state index is 0.0370. The molecule has 0 aromatic carbocycles. The lowest BCUT2D eigenvalue weighted by molar-refractivity contribution is -0.120. The fourth-order valence-corrected chi connectivity index (χ4v) is 4.17. The van der Waals surface area contributed by atoms with E-state index in [1.807, 2.05) is 4.90 Å². The fourth-order valence-electron chi connectivity index (χ4n) is 2.33. The van der Waals surface area contributed by atoms with Gasteiger partial charge in [0.2, 0.25) is 6.41 Å². The van der Waals surface area contributed by atoms with Gasteiger partial charge in [-0.25, -0.2) is 8.42 Å². The lowest BCUT2D eigenvalue weighted by Crippen LogP contribution is -2.53. The molecular formula is C9H16N2O4S. The van der Waals surface area contributed by atoms with Crippen LogP contribution < -0.4 is 0 Å². The number of aliphatic hydroxyl groups excluding tert-OH is 1. The molecule has 0 aromatic heterocycles. The SMILES string of the molecule is O=CN1CCN([C@H]2CS(=O)(=O)C[C@H]2O)CC1. The second-order valence-electron chi connectivity index (χ2n) is 4.39. The van der Waals surface area contributed by atoms with Crippen LogP contribution in [0.15, 0.2) is 0 Å². The Hall–Kier alpha value is -0.660. The molecule has 0 aliphatic carbocycles. The number of sulfone groups is 1. The van der Waals surface area contributed by atoms with Crippen molar-refractivity contribution in [2.24, 2.45) is 0 Å². The standard InChI is InChI=1S/C9H16N2O4S/c12-7-10-1-3-11(4-2-10)8-5-16(14,15)6-9(8)13/h7-9,13H,1-6H2/t8-,9+/m0/s1. The summed E-state index contributed by atoms with van der Waals surface area (Å²) >= 11 is 0. The van der Waals surface area contributed by atoms with Crippen molar-refractivity contribution in [1.29, 1.82) is 0 Å². The number of carbonyl (C=O) groups excluding carboxylic acids is 1. The largest absolute Gasteiger partial charge is 0.390 e. The van der Waals surface area contributed by atoms with Crippen molar-refractivity contribution in [1.82, 2.24) is 9.80 Å². The Morgan fingerprint density at radius 2 is 1.75 bits per heavy atom. The van der Waals surface area contributed by atoms with E-state index in [4.69, 9.17) is 0 Å². The first kappa shape index (κ1) is 11.8. The van der Waals surface area contributed by atoms with E-state index in [2.05, 4.69) is 0 Å². The lowest BCUT2D eigenvalue weighted by Gasteiger charge is -2.36. The molecule has 2 fully saturated rings. The molecule has 0 aromatic rings. The molecule has 2 aliphatic heterocycles. The molecule has 0 saturated carbocycles. The van der Waals surface area contributed by atoms with Gasteiger partial charge in [-0.2, -0.15) is 0 Å². The van der Waals surface area contributed by atoms with Crippen molar-refractivity contribution >= 4 is 16.2 Å². The Kier molecular flexibility index (Phi) is 3.18. The summed E-state index contributed by atoms with van der Waals surface area (Å²) in [4.78, 5) is 14.1. The van der Waals surface area contributed by atoms with Crippen LogP contribution in [-0.4, -0.2) is 79.6 Å². The monoisotopic (exact) mass is 248 g/mol. The quantitative estimate of drug-likeness (QED) is 0.567. The minimum Gasteiger partial charge on any atom is -0.390 e. The lowest BCUT2D eigenvalue weighted by atomic mass is 10.1. The van der Waals surface area contributed by atoms with Crippen LogP contribution in [0.25, 0.3) is 0 Å². The number of rotatable bonds is 2. The molecule has 2 heterocycles. The number of piperazine rings is 1. The van der Waals surface area contributed by atoms with E-state index in [1.165, 1.54) is 0 Å². The van der Waals surface area contributed by atoms with Gasteiger partial charge in [0, 0.05) is 26.2 Å². The summed E-state index contributed by atoms with van der Waals surface area (Å²) in [6.45, 7) is 2.48. The topological polar surface area (TPSA) is 77.9 Å². The fraction of sp³-hybridized carbons (Fsp3) is 0.889. The van der Waals surface area contributed by atoms with Crippen molar-refractivity contribution in [2.45, 2.75) is 12.1 Å². The molecule has 6 nitrogen and oxygen atoms in total. The van der Waals surface area contributed by atoms with Gasteiger partial charge in [-0.05, 0) is 0 Å². The molecule has 7 heteroatoms. The van der Waals surface area contributed by atoms with Crippen molar-refractivity contribution in [2.75, 3.05) is 37.7 Å². The highest BCUT2D eigenvalue weighted by Crippen LogP contribution is 2.19. The zero-order valence-electron chi connectivity index (χ0n) is 8.95. The summed E-state index contributed by atoms with van der Waals surface area (Å²) in [6, 6.07) is -0.293. The summed E-state index contributed by atoms with van der Waals surface area (Å²) < 4.78 is 22.7. The first-order chi connectivity index (χ1) is 7.52. The highest BCUT2D eigenvalue weighted by atomic mass is 32.2. The summed E-state index contributed by atoms with van der Waals surface area (Å²) in [6.07, 6.45) is 0.0203. The van der Waals surface area contributed by atoms with E-state index >= 15 is 0 Å². The van der Waals surface area contributed by atoms with E-state index in [0.717, 1.165) is 6.41 Å². The molecule has 0 spiro atoms. The molecule has 2 atom stereocenters. The van der Waals surface area contributed by atoms with Gasteiger partial charge in [0.15, 0.2) is 9.84 Å². The third-order valence-corrected chi connectivity index (χ3v) is 4.96. The van der Waals surface area contributed by atoms with Crippen LogP contribution in [0, 0.1) is 0 Å². The van der Waals surface area contributed by atoms with E-state index in [-0.39, 0.29) is 17.5 Å². The van der Waals surface area contributed by atoms with E-state index in [9.17, 15) is 18.3 Å². The Balaban J connectivity index is 1.97. The van der Waals surface area contributed by atoms with Gasteiger partial charge in [0.1, 0.15) is 0 Å². The summed E-state index contributed by atoms with van der Waals surface area (Å²) in [7, 11) is -3.09.